The smallest absolute Gasteiger partial charge is 0.257 e. The number of carbonyl (C=O) groups is 2. The quantitative estimate of drug-likeness (QED) is 0.914. The zero-order chi connectivity index (χ0) is 17.3. The molecule has 6 nitrogen and oxygen atoms in total. The van der Waals surface area contributed by atoms with Crippen LogP contribution in [0, 0.1) is 19.3 Å². The van der Waals surface area contributed by atoms with Crippen molar-refractivity contribution in [2.45, 2.75) is 39.5 Å². The highest BCUT2D eigenvalue weighted by Gasteiger charge is 2.42. The normalized spacial score (nSPS) is 24.7. The van der Waals surface area contributed by atoms with Crippen LogP contribution in [-0.2, 0) is 4.79 Å². The molecule has 3 rings (SSSR count). The van der Waals surface area contributed by atoms with Gasteiger partial charge in [-0.3, -0.25) is 9.59 Å². The Labute approximate surface area is 142 Å². The first-order chi connectivity index (χ1) is 11.4. The first-order valence-electron chi connectivity index (χ1n) is 8.69. The summed E-state index contributed by atoms with van der Waals surface area (Å²) in [5, 5.41) is 9.18. The van der Waals surface area contributed by atoms with Crippen molar-refractivity contribution in [3.05, 3.63) is 23.2 Å². The molecule has 132 valence electrons. The van der Waals surface area contributed by atoms with Gasteiger partial charge >= 0.3 is 0 Å². The van der Waals surface area contributed by atoms with E-state index in [4.69, 9.17) is 4.42 Å². The van der Waals surface area contributed by atoms with E-state index in [1.54, 1.807) is 11.0 Å². The molecule has 0 aromatic carbocycles. The van der Waals surface area contributed by atoms with Crippen molar-refractivity contribution in [2.75, 3.05) is 32.8 Å². The third-order valence-electron chi connectivity index (χ3n) is 5.34. The van der Waals surface area contributed by atoms with E-state index in [1.165, 1.54) is 0 Å². The lowest BCUT2D eigenvalue weighted by molar-refractivity contribution is -0.139. The third-order valence-corrected chi connectivity index (χ3v) is 5.34. The minimum absolute atomic E-state index is 0.0159. The summed E-state index contributed by atoms with van der Waals surface area (Å²) in [5.74, 6) is 1.55. The van der Waals surface area contributed by atoms with Crippen molar-refractivity contribution < 1.29 is 19.1 Å². The lowest BCUT2D eigenvalue weighted by Gasteiger charge is -2.48. The average molecular weight is 334 g/mol. The van der Waals surface area contributed by atoms with Crippen molar-refractivity contribution in [3.8, 4) is 0 Å². The second-order valence-electron chi connectivity index (χ2n) is 7.20. The molecular formula is C18H26N2O4. The fraction of sp³-hybridized carbons (Fsp3) is 0.667. The maximum Gasteiger partial charge on any atom is 0.257 e. The summed E-state index contributed by atoms with van der Waals surface area (Å²) in [5.41, 5.74) is 0.604. The molecule has 0 radical (unpaired) electrons. The fourth-order valence-electron chi connectivity index (χ4n) is 4.15. The van der Waals surface area contributed by atoms with Gasteiger partial charge in [0, 0.05) is 38.0 Å². The predicted octanol–water partition coefficient (Wildman–Crippen LogP) is 1.73. The van der Waals surface area contributed by atoms with Gasteiger partial charge in [0.15, 0.2) is 0 Å². The van der Waals surface area contributed by atoms with E-state index in [-0.39, 0.29) is 23.8 Å². The molecule has 2 amide bonds. The molecule has 0 unspecified atom stereocenters. The first-order valence-corrected chi connectivity index (χ1v) is 8.69. The van der Waals surface area contributed by atoms with E-state index in [1.807, 2.05) is 18.7 Å². The van der Waals surface area contributed by atoms with Gasteiger partial charge in [-0.25, -0.2) is 0 Å². The van der Waals surface area contributed by atoms with E-state index >= 15 is 0 Å². The Balaban J connectivity index is 1.75. The van der Waals surface area contributed by atoms with Crippen molar-refractivity contribution in [2.24, 2.45) is 5.41 Å². The van der Waals surface area contributed by atoms with Crippen LogP contribution in [0.15, 0.2) is 10.5 Å². The zero-order valence-electron chi connectivity index (χ0n) is 14.5. The SMILES string of the molecule is Cc1cc(C(=O)N2CCC[C@]3(CCC(=O)N(CCO)C3)C2)c(C)o1. The monoisotopic (exact) mass is 334 g/mol. The number of aliphatic hydroxyl groups is 1. The number of hydrogen-bond donors (Lipinski definition) is 1. The number of nitrogens with zero attached hydrogens (tertiary/aromatic N) is 2. The van der Waals surface area contributed by atoms with Crippen LogP contribution in [0.4, 0.5) is 0 Å². The predicted molar refractivity (Wildman–Crippen MR) is 88.7 cm³/mol. The summed E-state index contributed by atoms with van der Waals surface area (Å²) < 4.78 is 5.50. The largest absolute Gasteiger partial charge is 0.466 e. The van der Waals surface area contributed by atoms with E-state index in [0.717, 1.165) is 31.6 Å². The molecule has 1 aromatic rings. The van der Waals surface area contributed by atoms with Crippen molar-refractivity contribution >= 4 is 11.8 Å². The number of aryl methyl sites for hydroxylation is 2. The van der Waals surface area contributed by atoms with E-state index in [0.29, 0.717) is 37.4 Å². The summed E-state index contributed by atoms with van der Waals surface area (Å²) >= 11 is 0. The minimum atomic E-state index is -0.0380. The number of likely N-dealkylation sites (tertiary alicyclic amines) is 2. The molecule has 0 bridgehead atoms. The second-order valence-corrected chi connectivity index (χ2v) is 7.20. The van der Waals surface area contributed by atoms with Gasteiger partial charge in [0.1, 0.15) is 11.5 Å². The van der Waals surface area contributed by atoms with Gasteiger partial charge in [0.25, 0.3) is 5.91 Å². The van der Waals surface area contributed by atoms with Crippen molar-refractivity contribution in [1.29, 1.82) is 0 Å². The highest BCUT2D eigenvalue weighted by atomic mass is 16.3. The number of aliphatic hydroxyl groups excluding tert-OH is 1. The molecule has 3 heterocycles. The number of β-amino-alcohol motifs (C(OH)–C–C–N with tert-alkyl or cyclic N) is 1. The standard InChI is InChI=1S/C18H26N2O4/c1-13-10-15(14(2)24-13)17(23)20-7-3-5-18(12-20)6-4-16(22)19(11-18)8-9-21/h10,21H,3-9,11-12H2,1-2H3/t18-/m1/s1. The second kappa shape index (κ2) is 6.59. The van der Waals surface area contributed by atoms with Crippen LogP contribution in [0.1, 0.15) is 47.6 Å². The maximum atomic E-state index is 12.9. The fourth-order valence-corrected chi connectivity index (χ4v) is 4.15. The van der Waals surface area contributed by atoms with Crippen LogP contribution in [0.3, 0.4) is 0 Å². The molecule has 24 heavy (non-hydrogen) atoms. The number of carbonyl (C=O) groups excluding carboxylic acids is 2. The Morgan fingerprint density at radius 1 is 1.33 bits per heavy atom. The molecule has 6 heteroatoms. The molecule has 1 aromatic heterocycles. The number of amides is 2. The Kier molecular flexibility index (Phi) is 4.67. The summed E-state index contributed by atoms with van der Waals surface area (Å²) in [6.07, 6.45) is 3.30. The van der Waals surface area contributed by atoms with Crippen molar-refractivity contribution in [1.82, 2.24) is 9.80 Å². The topological polar surface area (TPSA) is 74.0 Å². The Hall–Kier alpha value is -1.82. The highest BCUT2D eigenvalue weighted by Crippen LogP contribution is 2.39. The Morgan fingerprint density at radius 3 is 2.79 bits per heavy atom. The lowest BCUT2D eigenvalue weighted by Crippen LogP contribution is -2.55. The van der Waals surface area contributed by atoms with E-state index < -0.39 is 0 Å². The Morgan fingerprint density at radius 2 is 2.12 bits per heavy atom. The Bertz CT molecular complexity index is 639. The third kappa shape index (κ3) is 3.20. The maximum absolute atomic E-state index is 12.9. The molecular weight excluding hydrogens is 308 g/mol. The first kappa shape index (κ1) is 17.0. The van der Waals surface area contributed by atoms with Crippen LogP contribution >= 0.6 is 0 Å². The van der Waals surface area contributed by atoms with Crippen LogP contribution in [0.25, 0.3) is 0 Å². The molecule has 1 spiro atoms. The van der Waals surface area contributed by atoms with Crippen LogP contribution in [-0.4, -0.2) is 59.5 Å². The van der Waals surface area contributed by atoms with Gasteiger partial charge in [-0.1, -0.05) is 0 Å². The summed E-state index contributed by atoms with van der Waals surface area (Å²) in [7, 11) is 0. The molecule has 2 aliphatic rings. The van der Waals surface area contributed by atoms with E-state index in [9.17, 15) is 14.7 Å². The highest BCUT2D eigenvalue weighted by molar-refractivity contribution is 5.95. The van der Waals surface area contributed by atoms with Crippen LogP contribution < -0.4 is 0 Å². The van der Waals surface area contributed by atoms with Gasteiger partial charge in [0.2, 0.25) is 5.91 Å². The minimum Gasteiger partial charge on any atom is -0.466 e. The molecule has 2 aliphatic heterocycles. The van der Waals surface area contributed by atoms with E-state index in [2.05, 4.69) is 0 Å². The van der Waals surface area contributed by atoms with Gasteiger partial charge in [-0.15, -0.1) is 0 Å². The number of furan rings is 1. The van der Waals surface area contributed by atoms with Crippen LogP contribution in [0.5, 0.6) is 0 Å². The average Bonchev–Trinajstić information content (AvgIpc) is 2.89. The number of piperidine rings is 2. The molecule has 1 atom stereocenters. The molecule has 2 saturated heterocycles. The summed E-state index contributed by atoms with van der Waals surface area (Å²) in [6.45, 7) is 6.10. The molecule has 1 N–H and O–H groups in total. The summed E-state index contributed by atoms with van der Waals surface area (Å²) in [4.78, 5) is 28.6. The number of hydrogen-bond acceptors (Lipinski definition) is 4. The molecule has 0 saturated carbocycles. The van der Waals surface area contributed by atoms with Gasteiger partial charge in [-0.2, -0.15) is 0 Å². The van der Waals surface area contributed by atoms with Crippen LogP contribution in [0.2, 0.25) is 0 Å². The van der Waals surface area contributed by atoms with Gasteiger partial charge < -0.3 is 19.3 Å². The van der Waals surface area contributed by atoms with Gasteiger partial charge in [-0.05, 0) is 39.2 Å². The zero-order valence-corrected chi connectivity index (χ0v) is 14.5. The number of rotatable bonds is 3. The van der Waals surface area contributed by atoms with Crippen molar-refractivity contribution in [3.63, 3.8) is 0 Å². The van der Waals surface area contributed by atoms with Gasteiger partial charge in [0.05, 0.1) is 12.2 Å². The lowest BCUT2D eigenvalue weighted by atomic mass is 9.73. The molecule has 0 aliphatic carbocycles. The molecule has 2 fully saturated rings. The summed E-state index contributed by atoms with van der Waals surface area (Å²) in [6, 6.07) is 1.81.